The van der Waals surface area contributed by atoms with E-state index in [4.69, 9.17) is 4.74 Å². The van der Waals surface area contributed by atoms with E-state index in [-0.39, 0.29) is 0 Å². The molecule has 0 aliphatic carbocycles. The molecule has 2 fully saturated rings. The number of fused-ring (bicyclic) bond motifs is 2. The number of rotatable bonds is 4. The molecular weight excluding hydrogens is 270 g/mol. The van der Waals surface area contributed by atoms with Crippen LogP contribution in [0.1, 0.15) is 44.6 Å². The number of ether oxygens (including phenoxy) is 1. The van der Waals surface area contributed by atoms with Crippen molar-refractivity contribution < 1.29 is 4.74 Å². The maximum absolute atomic E-state index is 5.44. The quantitative estimate of drug-likeness (QED) is 0.774. The molecule has 0 N–H and O–H groups in total. The van der Waals surface area contributed by atoms with Crippen molar-refractivity contribution in [2.75, 3.05) is 13.2 Å². The van der Waals surface area contributed by atoms with Crippen molar-refractivity contribution in [1.29, 1.82) is 0 Å². The molecule has 1 aromatic rings. The predicted molar refractivity (Wildman–Crippen MR) is 89.7 cm³/mol. The largest absolute Gasteiger partial charge is 0.380 e. The zero-order valence-corrected chi connectivity index (χ0v) is 13.6. The first-order valence-electron chi connectivity index (χ1n) is 8.79. The fourth-order valence-electron chi connectivity index (χ4n) is 4.48. The van der Waals surface area contributed by atoms with Gasteiger partial charge in [0.15, 0.2) is 0 Å². The van der Waals surface area contributed by atoms with E-state index in [9.17, 15) is 0 Å². The maximum atomic E-state index is 5.44. The SMILES string of the molecule is CC1(CC2=CC3CCCC(C2)N3Cc2ccccc2)COC1. The van der Waals surface area contributed by atoms with Crippen molar-refractivity contribution >= 4 is 0 Å². The van der Waals surface area contributed by atoms with Crippen LogP contribution in [0.3, 0.4) is 0 Å². The third kappa shape index (κ3) is 2.87. The molecule has 3 aliphatic rings. The first kappa shape index (κ1) is 14.5. The zero-order valence-electron chi connectivity index (χ0n) is 13.6. The molecule has 1 aromatic carbocycles. The van der Waals surface area contributed by atoms with Gasteiger partial charge in [0.2, 0.25) is 0 Å². The summed E-state index contributed by atoms with van der Waals surface area (Å²) in [6, 6.07) is 12.4. The minimum atomic E-state index is 0.418. The summed E-state index contributed by atoms with van der Waals surface area (Å²) in [7, 11) is 0. The number of hydrogen-bond donors (Lipinski definition) is 0. The monoisotopic (exact) mass is 297 g/mol. The first-order valence-corrected chi connectivity index (χ1v) is 8.79. The normalized spacial score (nSPS) is 30.5. The van der Waals surface area contributed by atoms with E-state index in [1.54, 1.807) is 5.57 Å². The van der Waals surface area contributed by atoms with Crippen LogP contribution in [0.5, 0.6) is 0 Å². The highest BCUT2D eigenvalue weighted by molar-refractivity contribution is 5.21. The molecule has 3 aliphatic heterocycles. The third-order valence-electron chi connectivity index (χ3n) is 5.62. The van der Waals surface area contributed by atoms with E-state index in [0.717, 1.165) is 25.8 Å². The van der Waals surface area contributed by atoms with Gasteiger partial charge in [0.05, 0.1) is 13.2 Å². The summed E-state index contributed by atoms with van der Waals surface area (Å²) in [5.41, 5.74) is 3.57. The van der Waals surface area contributed by atoms with Gasteiger partial charge in [0, 0.05) is 24.0 Å². The lowest BCUT2D eigenvalue weighted by Gasteiger charge is -2.47. The number of benzene rings is 1. The van der Waals surface area contributed by atoms with E-state index in [0.29, 0.717) is 11.5 Å². The molecule has 0 radical (unpaired) electrons. The number of hydrogen-bond acceptors (Lipinski definition) is 2. The highest BCUT2D eigenvalue weighted by Crippen LogP contribution is 2.40. The van der Waals surface area contributed by atoms with Gasteiger partial charge in [-0.3, -0.25) is 4.90 Å². The van der Waals surface area contributed by atoms with Crippen molar-refractivity contribution in [2.24, 2.45) is 5.41 Å². The van der Waals surface area contributed by atoms with E-state index < -0.39 is 0 Å². The van der Waals surface area contributed by atoms with Crippen LogP contribution in [-0.2, 0) is 11.3 Å². The summed E-state index contributed by atoms with van der Waals surface area (Å²) < 4.78 is 5.44. The summed E-state index contributed by atoms with van der Waals surface area (Å²) >= 11 is 0. The Hall–Kier alpha value is -1.12. The molecular formula is C20H27NO. The fourth-order valence-corrected chi connectivity index (χ4v) is 4.48. The van der Waals surface area contributed by atoms with Gasteiger partial charge in [-0.25, -0.2) is 0 Å². The van der Waals surface area contributed by atoms with Gasteiger partial charge in [0.1, 0.15) is 0 Å². The Bertz CT molecular complexity index is 546. The Kier molecular flexibility index (Phi) is 3.83. The second-order valence-corrected chi connectivity index (χ2v) is 7.82. The van der Waals surface area contributed by atoms with Gasteiger partial charge in [-0.2, -0.15) is 0 Å². The predicted octanol–water partition coefficient (Wildman–Crippen LogP) is 4.17. The summed E-state index contributed by atoms with van der Waals surface area (Å²) in [6.45, 7) is 5.39. The molecule has 3 heterocycles. The van der Waals surface area contributed by atoms with E-state index in [1.165, 1.54) is 37.7 Å². The number of nitrogens with zero attached hydrogens (tertiary/aromatic N) is 1. The summed E-state index contributed by atoms with van der Waals surface area (Å²) in [5.74, 6) is 0. The Morgan fingerprint density at radius 3 is 2.68 bits per heavy atom. The molecule has 2 unspecified atom stereocenters. The molecule has 2 bridgehead atoms. The van der Waals surface area contributed by atoms with Crippen LogP contribution in [0.4, 0.5) is 0 Å². The molecule has 2 nitrogen and oxygen atoms in total. The fraction of sp³-hybridized carbons (Fsp3) is 0.600. The average Bonchev–Trinajstić information content (AvgIpc) is 2.47. The molecule has 2 heteroatoms. The van der Waals surface area contributed by atoms with E-state index >= 15 is 0 Å². The maximum Gasteiger partial charge on any atom is 0.0545 e. The molecule has 0 amide bonds. The van der Waals surface area contributed by atoms with Gasteiger partial charge in [-0.05, 0) is 31.2 Å². The molecule has 0 aromatic heterocycles. The zero-order chi connectivity index (χ0) is 15.0. The van der Waals surface area contributed by atoms with Gasteiger partial charge < -0.3 is 4.74 Å². The number of piperidine rings is 1. The Morgan fingerprint density at radius 2 is 2.00 bits per heavy atom. The highest BCUT2D eigenvalue weighted by atomic mass is 16.5. The molecule has 118 valence electrons. The molecule has 2 atom stereocenters. The summed E-state index contributed by atoms with van der Waals surface area (Å²) in [4.78, 5) is 2.75. The van der Waals surface area contributed by atoms with Gasteiger partial charge in [-0.15, -0.1) is 0 Å². The summed E-state index contributed by atoms with van der Waals surface area (Å²) in [6.07, 6.45) is 9.22. The van der Waals surface area contributed by atoms with Crippen LogP contribution in [0.25, 0.3) is 0 Å². The van der Waals surface area contributed by atoms with Gasteiger partial charge in [0.25, 0.3) is 0 Å². The van der Waals surface area contributed by atoms with Crippen molar-refractivity contribution in [2.45, 2.75) is 57.7 Å². The molecule has 2 saturated heterocycles. The first-order chi connectivity index (χ1) is 10.7. The minimum absolute atomic E-state index is 0.418. The Balaban J connectivity index is 1.49. The van der Waals surface area contributed by atoms with Crippen molar-refractivity contribution in [3.05, 3.63) is 47.5 Å². The topological polar surface area (TPSA) is 12.5 Å². The van der Waals surface area contributed by atoms with Crippen molar-refractivity contribution in [3.8, 4) is 0 Å². The third-order valence-corrected chi connectivity index (χ3v) is 5.62. The van der Waals surface area contributed by atoms with Gasteiger partial charge in [-0.1, -0.05) is 55.3 Å². The Morgan fingerprint density at radius 1 is 1.18 bits per heavy atom. The van der Waals surface area contributed by atoms with Crippen molar-refractivity contribution in [3.63, 3.8) is 0 Å². The molecule has 0 spiro atoms. The molecule has 4 rings (SSSR count). The lowest BCUT2D eigenvalue weighted by atomic mass is 9.76. The van der Waals surface area contributed by atoms with Crippen molar-refractivity contribution in [1.82, 2.24) is 4.90 Å². The minimum Gasteiger partial charge on any atom is -0.380 e. The van der Waals surface area contributed by atoms with Crippen LogP contribution < -0.4 is 0 Å². The lowest BCUT2D eigenvalue weighted by Crippen LogP contribution is -2.49. The van der Waals surface area contributed by atoms with Gasteiger partial charge >= 0.3 is 0 Å². The lowest BCUT2D eigenvalue weighted by molar-refractivity contribution is -0.101. The van der Waals surface area contributed by atoms with Crippen LogP contribution in [-0.4, -0.2) is 30.2 Å². The van der Waals surface area contributed by atoms with Crippen LogP contribution in [0, 0.1) is 5.41 Å². The molecule has 0 saturated carbocycles. The second-order valence-electron chi connectivity index (χ2n) is 7.82. The van der Waals surface area contributed by atoms with Crippen LogP contribution in [0.15, 0.2) is 42.0 Å². The van der Waals surface area contributed by atoms with E-state index in [1.807, 2.05) is 0 Å². The van der Waals surface area contributed by atoms with E-state index in [2.05, 4.69) is 48.2 Å². The average molecular weight is 297 g/mol. The second kappa shape index (κ2) is 5.82. The van der Waals surface area contributed by atoms with Crippen LogP contribution >= 0.6 is 0 Å². The van der Waals surface area contributed by atoms with Crippen LogP contribution in [0.2, 0.25) is 0 Å². The highest BCUT2D eigenvalue weighted by Gasteiger charge is 2.38. The Labute approximate surface area is 134 Å². The smallest absolute Gasteiger partial charge is 0.0545 e. The summed E-state index contributed by atoms with van der Waals surface area (Å²) in [5, 5.41) is 0. The molecule has 22 heavy (non-hydrogen) atoms. The standard InChI is InChI=1S/C20H27NO/c1-20(14-22-15-20)12-17-10-18-8-5-9-19(11-17)21(18)13-16-6-3-2-4-7-16/h2-4,6-7,10,18-19H,5,8-9,11-15H2,1H3.